The number of benzene rings is 2. The minimum Gasteiger partial charge on any atom is -0.497 e. The van der Waals surface area contributed by atoms with Gasteiger partial charge in [0, 0.05) is 30.6 Å². The highest BCUT2D eigenvalue weighted by molar-refractivity contribution is 5.85. The topological polar surface area (TPSA) is 117 Å². The average molecular weight is 513 g/mol. The lowest BCUT2D eigenvalue weighted by Crippen LogP contribution is -2.46. The Morgan fingerprint density at radius 1 is 1.16 bits per heavy atom. The van der Waals surface area contributed by atoms with E-state index in [0.29, 0.717) is 12.7 Å². The van der Waals surface area contributed by atoms with E-state index < -0.39 is 23.9 Å². The molecule has 2 amide bonds. The summed E-state index contributed by atoms with van der Waals surface area (Å²) < 4.78 is 36.1. The second kappa shape index (κ2) is 11.6. The van der Waals surface area contributed by atoms with Gasteiger partial charge < -0.3 is 15.8 Å². The molecule has 11 heteroatoms. The number of carbonyl (C=O) groups is 2. The van der Waals surface area contributed by atoms with Crippen molar-refractivity contribution in [3.05, 3.63) is 66.6 Å². The highest BCUT2D eigenvalue weighted by atomic mass is 19.3. The lowest BCUT2D eigenvalue weighted by atomic mass is 9.99. The number of nitrogens with one attached hydrogen (secondary N) is 1. The first-order chi connectivity index (χ1) is 17.6. The number of fused-ring (bicyclic) bond motifs is 1. The zero-order valence-corrected chi connectivity index (χ0v) is 21.1. The van der Waals surface area contributed by atoms with E-state index in [1.54, 1.807) is 37.0 Å². The van der Waals surface area contributed by atoms with Crippen molar-refractivity contribution in [1.82, 2.24) is 24.9 Å². The number of hydrogen-bond acceptors (Lipinski definition) is 5. The third-order valence-electron chi connectivity index (χ3n) is 5.84. The number of amides is 2. The van der Waals surface area contributed by atoms with Crippen LogP contribution in [0.4, 0.5) is 8.78 Å². The Kier molecular flexibility index (Phi) is 8.59. The molecule has 4 rings (SSSR count). The van der Waals surface area contributed by atoms with Gasteiger partial charge in [-0.3, -0.25) is 19.0 Å². The lowest BCUT2D eigenvalue weighted by molar-refractivity contribution is -0.143. The fraction of sp³-hybridized carbons (Fsp3) is 0.308. The summed E-state index contributed by atoms with van der Waals surface area (Å²) in [6.45, 7) is 5.09. The first-order valence-corrected chi connectivity index (χ1v) is 11.6. The predicted molar refractivity (Wildman–Crippen MR) is 136 cm³/mol. The van der Waals surface area contributed by atoms with Gasteiger partial charge in [0.25, 0.3) is 5.91 Å². The Balaban J connectivity index is 0.00000121. The molecule has 4 aromatic rings. The Morgan fingerprint density at radius 2 is 1.84 bits per heavy atom. The van der Waals surface area contributed by atoms with Crippen molar-refractivity contribution in [3.8, 4) is 16.9 Å². The molecule has 0 aliphatic carbocycles. The Morgan fingerprint density at radius 3 is 2.41 bits per heavy atom. The molecule has 0 aliphatic heterocycles. The molecule has 0 bridgehead atoms. The Labute approximate surface area is 213 Å². The normalized spacial score (nSPS) is 12.8. The number of aromatic nitrogens is 4. The predicted octanol–water partition coefficient (Wildman–Crippen LogP) is 3.78. The number of methoxy groups -OCH3 is 1. The van der Waals surface area contributed by atoms with Crippen molar-refractivity contribution in [2.75, 3.05) is 7.11 Å². The second-order valence-corrected chi connectivity index (χ2v) is 8.45. The van der Waals surface area contributed by atoms with E-state index in [-0.39, 0.29) is 6.41 Å². The Bertz CT molecular complexity index is 1340. The molecule has 9 nitrogen and oxygen atoms in total. The van der Waals surface area contributed by atoms with Gasteiger partial charge >= 0.3 is 5.92 Å². The maximum atomic E-state index is 13.6. The van der Waals surface area contributed by atoms with Crippen molar-refractivity contribution in [2.45, 2.75) is 45.3 Å². The number of aryl methyl sites for hydroxylation is 1. The summed E-state index contributed by atoms with van der Waals surface area (Å²) in [4.78, 5) is 20.6. The fourth-order valence-corrected chi connectivity index (χ4v) is 4.00. The van der Waals surface area contributed by atoms with Gasteiger partial charge in [0.15, 0.2) is 0 Å². The number of carbonyl (C=O) groups excluding carboxylic acids is 2. The van der Waals surface area contributed by atoms with Crippen LogP contribution in [0.2, 0.25) is 0 Å². The molecule has 2 atom stereocenters. The number of rotatable bonds is 8. The molecular formula is C26H30F2N6O3. The molecule has 0 aliphatic rings. The van der Waals surface area contributed by atoms with E-state index in [0.717, 1.165) is 34.1 Å². The van der Waals surface area contributed by atoms with Gasteiger partial charge in [0.2, 0.25) is 6.41 Å². The second-order valence-electron chi connectivity index (χ2n) is 8.45. The van der Waals surface area contributed by atoms with Crippen LogP contribution in [0.5, 0.6) is 5.75 Å². The molecule has 37 heavy (non-hydrogen) atoms. The van der Waals surface area contributed by atoms with Crippen LogP contribution in [0.15, 0.2) is 61.1 Å². The van der Waals surface area contributed by atoms with Crippen LogP contribution in [-0.2, 0) is 16.1 Å². The van der Waals surface area contributed by atoms with Crippen molar-refractivity contribution >= 4 is 23.2 Å². The third kappa shape index (κ3) is 6.29. The molecule has 3 N–H and O–H groups in total. The number of nitrogens with two attached hydrogens (primary N) is 1. The molecule has 2 aromatic carbocycles. The van der Waals surface area contributed by atoms with Crippen molar-refractivity contribution in [3.63, 3.8) is 0 Å². The van der Waals surface area contributed by atoms with Gasteiger partial charge in [-0.05, 0) is 49.2 Å². The molecule has 2 aromatic heterocycles. The van der Waals surface area contributed by atoms with E-state index in [1.165, 1.54) is 0 Å². The number of primary amides is 1. The SMILES string of the molecule is CCn1cc(-c2ccc3c(cnn3C(c3ccc(OC)cc3)[C@@H](C)NC(=O)C(C)(F)F)c2)cn1.NC=O. The highest BCUT2D eigenvalue weighted by Gasteiger charge is 2.35. The van der Waals surface area contributed by atoms with Crippen LogP contribution >= 0.6 is 0 Å². The number of alkyl halides is 2. The van der Waals surface area contributed by atoms with Crippen LogP contribution in [0.3, 0.4) is 0 Å². The summed E-state index contributed by atoms with van der Waals surface area (Å²) in [7, 11) is 1.57. The first kappa shape index (κ1) is 27.3. The lowest BCUT2D eigenvalue weighted by Gasteiger charge is -2.27. The van der Waals surface area contributed by atoms with E-state index in [2.05, 4.69) is 21.2 Å². The quantitative estimate of drug-likeness (QED) is 0.349. The van der Waals surface area contributed by atoms with Crippen LogP contribution in [0.25, 0.3) is 22.0 Å². The monoisotopic (exact) mass is 512 g/mol. The molecule has 196 valence electrons. The van der Waals surface area contributed by atoms with Crippen molar-refractivity contribution in [2.24, 2.45) is 5.73 Å². The van der Waals surface area contributed by atoms with E-state index >= 15 is 0 Å². The molecule has 1 unspecified atom stereocenters. The average Bonchev–Trinajstić information content (AvgIpc) is 3.52. The summed E-state index contributed by atoms with van der Waals surface area (Å²) in [6, 6.07) is 12.0. The summed E-state index contributed by atoms with van der Waals surface area (Å²) in [5, 5.41) is 12.3. The standard InChI is InChI=1S/C25H27F2N5O2.CH3NO/c1-5-31-15-20(14-28-31)18-8-11-22-19(12-18)13-29-32(22)23(16(2)30-24(33)25(3,26)27)17-6-9-21(34-4)10-7-17;2-1-3/h6-16,23H,5H2,1-4H3,(H,30,33);1H,(H2,2,3)/t16-,23?;/m1./s1. The van der Waals surface area contributed by atoms with Crippen molar-refractivity contribution in [1.29, 1.82) is 0 Å². The van der Waals surface area contributed by atoms with Gasteiger partial charge in [0.1, 0.15) is 5.75 Å². The van der Waals surface area contributed by atoms with E-state index in [4.69, 9.17) is 9.53 Å². The van der Waals surface area contributed by atoms with Crippen molar-refractivity contribution < 1.29 is 23.1 Å². The number of nitrogens with zero attached hydrogens (tertiary/aromatic N) is 4. The number of ether oxygens (including phenoxy) is 1. The van der Waals surface area contributed by atoms with Crippen LogP contribution in [0.1, 0.15) is 32.4 Å². The van der Waals surface area contributed by atoms with Gasteiger partial charge in [0.05, 0.1) is 37.1 Å². The van der Waals surface area contributed by atoms with Gasteiger partial charge in [-0.25, -0.2) is 0 Å². The first-order valence-electron chi connectivity index (χ1n) is 11.6. The van der Waals surface area contributed by atoms with Crippen LogP contribution in [-0.4, -0.2) is 51.0 Å². The molecule has 0 fully saturated rings. The van der Waals surface area contributed by atoms with Crippen LogP contribution in [0, 0.1) is 0 Å². The van der Waals surface area contributed by atoms with Gasteiger partial charge in [-0.1, -0.05) is 18.2 Å². The molecule has 0 saturated heterocycles. The van der Waals surface area contributed by atoms with Gasteiger partial charge in [-0.2, -0.15) is 19.0 Å². The van der Waals surface area contributed by atoms with E-state index in [1.807, 2.05) is 54.3 Å². The Hall–Kier alpha value is -4.28. The van der Waals surface area contributed by atoms with Crippen LogP contribution < -0.4 is 15.8 Å². The summed E-state index contributed by atoms with van der Waals surface area (Å²) in [6.07, 6.45) is 5.79. The highest BCUT2D eigenvalue weighted by Crippen LogP contribution is 2.30. The largest absolute Gasteiger partial charge is 0.497 e. The zero-order chi connectivity index (χ0) is 27.2. The summed E-state index contributed by atoms with van der Waals surface area (Å²) in [5.74, 6) is -4.14. The zero-order valence-electron chi connectivity index (χ0n) is 21.1. The third-order valence-corrected chi connectivity index (χ3v) is 5.84. The smallest absolute Gasteiger partial charge is 0.321 e. The summed E-state index contributed by atoms with van der Waals surface area (Å²) >= 11 is 0. The molecule has 2 heterocycles. The molecular weight excluding hydrogens is 482 g/mol. The maximum Gasteiger partial charge on any atom is 0.321 e. The molecule has 0 spiro atoms. The maximum absolute atomic E-state index is 13.6. The minimum absolute atomic E-state index is 0.250. The van der Waals surface area contributed by atoms with E-state index in [9.17, 15) is 13.6 Å². The minimum atomic E-state index is -3.48. The summed E-state index contributed by atoms with van der Waals surface area (Å²) in [5.41, 5.74) is 7.77. The van der Waals surface area contributed by atoms with Gasteiger partial charge in [-0.15, -0.1) is 0 Å². The molecule has 0 saturated carbocycles. The number of hydrogen-bond donors (Lipinski definition) is 2. The molecule has 0 radical (unpaired) electrons. The fourth-order valence-electron chi connectivity index (χ4n) is 4.00. The number of halogens is 2.